The van der Waals surface area contributed by atoms with E-state index in [0.29, 0.717) is 5.92 Å². The second kappa shape index (κ2) is 7.94. The van der Waals surface area contributed by atoms with Crippen LogP contribution in [0, 0.1) is 11.7 Å². The van der Waals surface area contributed by atoms with Crippen LogP contribution >= 0.6 is 0 Å². The van der Waals surface area contributed by atoms with Crippen LogP contribution in [0.4, 0.5) is 4.39 Å². The van der Waals surface area contributed by atoms with Gasteiger partial charge in [-0.1, -0.05) is 18.2 Å². The summed E-state index contributed by atoms with van der Waals surface area (Å²) in [4.78, 5) is 14.7. The monoisotopic (exact) mass is 432 g/mol. The Labute approximate surface area is 175 Å². The van der Waals surface area contributed by atoms with Gasteiger partial charge in [0.15, 0.2) is 5.82 Å². The highest BCUT2D eigenvalue weighted by Crippen LogP contribution is 2.40. The zero-order valence-electron chi connectivity index (χ0n) is 16.9. The van der Waals surface area contributed by atoms with Crippen molar-refractivity contribution in [1.29, 1.82) is 0 Å². The van der Waals surface area contributed by atoms with Crippen LogP contribution in [0.1, 0.15) is 32.6 Å². The topological polar surface area (TPSA) is 85.2 Å². The molecule has 0 radical (unpaired) electrons. The fraction of sp³-hybridized carbons (Fsp3) is 0.476. The fourth-order valence-electron chi connectivity index (χ4n) is 3.88. The minimum Gasteiger partial charge on any atom is -0.336 e. The lowest BCUT2D eigenvalue weighted by Crippen LogP contribution is -2.44. The Balaban J connectivity index is 1.64. The summed E-state index contributed by atoms with van der Waals surface area (Å²) in [5.74, 6) is -1.07. The summed E-state index contributed by atoms with van der Waals surface area (Å²) in [5.41, 5.74) is 0.140. The number of carbonyl (C=O) groups excluding carboxylic acids is 1. The average Bonchev–Trinajstić information content (AvgIpc) is 3.60. The van der Waals surface area contributed by atoms with Crippen molar-refractivity contribution in [2.75, 3.05) is 5.75 Å². The summed E-state index contributed by atoms with van der Waals surface area (Å²) in [5, 5.41) is 7.41. The Morgan fingerprint density at radius 1 is 1.30 bits per heavy atom. The van der Waals surface area contributed by atoms with Gasteiger partial charge >= 0.3 is 0 Å². The second-order valence-electron chi connectivity index (χ2n) is 8.05. The number of hydrogen-bond donors (Lipinski definition) is 0. The van der Waals surface area contributed by atoms with Gasteiger partial charge in [0.1, 0.15) is 11.6 Å². The van der Waals surface area contributed by atoms with Crippen molar-refractivity contribution in [3.8, 4) is 11.4 Å². The lowest BCUT2D eigenvalue weighted by molar-refractivity contribution is -0.131. The van der Waals surface area contributed by atoms with Crippen molar-refractivity contribution >= 4 is 15.7 Å². The number of amides is 1. The van der Waals surface area contributed by atoms with Gasteiger partial charge in [-0.2, -0.15) is 0 Å². The van der Waals surface area contributed by atoms with E-state index in [1.54, 1.807) is 11.0 Å². The molecule has 7 nitrogen and oxygen atoms in total. The molecule has 1 aromatic heterocycles. The minimum atomic E-state index is -4.07. The van der Waals surface area contributed by atoms with Crippen molar-refractivity contribution in [2.45, 2.75) is 56.4 Å². The maximum Gasteiger partial charge on any atom is 0.250 e. The van der Waals surface area contributed by atoms with Gasteiger partial charge in [0, 0.05) is 18.6 Å². The summed E-state index contributed by atoms with van der Waals surface area (Å²) < 4.78 is 41.8. The van der Waals surface area contributed by atoms with Crippen LogP contribution < -0.4 is 0 Å². The molecule has 1 heterocycles. The number of rotatable bonds is 9. The van der Waals surface area contributed by atoms with Crippen LogP contribution in [-0.2, 0) is 21.2 Å². The van der Waals surface area contributed by atoms with Crippen LogP contribution in [0.5, 0.6) is 0 Å². The lowest BCUT2D eigenvalue weighted by atomic mass is 10.2. The van der Waals surface area contributed by atoms with Gasteiger partial charge in [0.2, 0.25) is 15.7 Å². The smallest absolute Gasteiger partial charge is 0.250 e. The van der Waals surface area contributed by atoms with Crippen LogP contribution in [0.25, 0.3) is 11.4 Å². The van der Waals surface area contributed by atoms with Gasteiger partial charge in [-0.15, -0.1) is 16.8 Å². The van der Waals surface area contributed by atoms with Crippen LogP contribution in [-0.4, -0.2) is 51.8 Å². The summed E-state index contributed by atoms with van der Waals surface area (Å²) in [6.07, 6.45) is 5.45. The van der Waals surface area contributed by atoms with E-state index < -0.39 is 27.3 Å². The van der Waals surface area contributed by atoms with Gasteiger partial charge in [-0.05, 0) is 50.7 Å². The van der Waals surface area contributed by atoms with Crippen molar-refractivity contribution in [3.63, 3.8) is 0 Å². The Kier molecular flexibility index (Phi) is 5.48. The summed E-state index contributed by atoms with van der Waals surface area (Å²) in [7, 11) is -4.07. The molecule has 4 rings (SSSR count). The standard InChI is InChI=1S/C21H25FN4O3S/c1-3-12-25-20(17-6-4-5-7-18(17)22)23-24-21(25)30(28,29)13-19(27)26(16-10-11-16)14(2)15-8-9-15/h3-7,14-16H,1,8-13H2,2H3/t14-/m0/s1. The molecule has 2 fully saturated rings. The number of allylic oxidation sites excluding steroid dienone is 1. The van der Waals surface area contributed by atoms with Crippen LogP contribution in [0.3, 0.4) is 0 Å². The number of halogens is 1. The fourth-order valence-corrected chi connectivity index (χ4v) is 5.14. The molecule has 9 heteroatoms. The molecule has 2 aromatic rings. The molecule has 0 saturated heterocycles. The molecule has 0 unspecified atom stereocenters. The third-order valence-electron chi connectivity index (χ3n) is 5.71. The van der Waals surface area contributed by atoms with E-state index in [1.165, 1.54) is 28.8 Å². The second-order valence-corrected chi connectivity index (χ2v) is 9.94. The Morgan fingerprint density at radius 3 is 2.60 bits per heavy atom. The molecule has 0 spiro atoms. The predicted molar refractivity (Wildman–Crippen MR) is 110 cm³/mol. The molecule has 1 atom stereocenters. The first-order valence-electron chi connectivity index (χ1n) is 10.2. The molecular weight excluding hydrogens is 407 g/mol. The molecule has 0 bridgehead atoms. The van der Waals surface area contributed by atoms with E-state index in [0.717, 1.165) is 25.7 Å². The predicted octanol–water partition coefficient (Wildman–Crippen LogP) is 2.83. The molecule has 2 saturated carbocycles. The molecule has 0 N–H and O–H groups in total. The molecule has 1 aromatic carbocycles. The van der Waals surface area contributed by atoms with E-state index >= 15 is 0 Å². The average molecular weight is 433 g/mol. The number of carbonyl (C=O) groups is 1. The first kappa shape index (κ1) is 20.7. The maximum absolute atomic E-state index is 14.3. The Hall–Kier alpha value is -2.55. The van der Waals surface area contributed by atoms with Crippen molar-refractivity contribution in [1.82, 2.24) is 19.7 Å². The molecular formula is C21H25FN4O3S. The van der Waals surface area contributed by atoms with Gasteiger partial charge in [-0.3, -0.25) is 9.36 Å². The Morgan fingerprint density at radius 2 is 2.00 bits per heavy atom. The first-order valence-corrected chi connectivity index (χ1v) is 11.8. The van der Waals surface area contributed by atoms with Gasteiger partial charge in [0.05, 0.1) is 5.56 Å². The zero-order chi connectivity index (χ0) is 21.5. The summed E-state index contributed by atoms with van der Waals surface area (Å²) in [6.45, 7) is 5.72. The molecule has 30 heavy (non-hydrogen) atoms. The van der Waals surface area contributed by atoms with Gasteiger partial charge < -0.3 is 4.90 Å². The number of aromatic nitrogens is 3. The van der Waals surface area contributed by atoms with E-state index in [-0.39, 0.29) is 35.2 Å². The van der Waals surface area contributed by atoms with Crippen LogP contribution in [0.15, 0.2) is 42.1 Å². The molecule has 2 aliphatic carbocycles. The third-order valence-corrected chi connectivity index (χ3v) is 7.19. The van der Waals surface area contributed by atoms with Crippen LogP contribution in [0.2, 0.25) is 0 Å². The van der Waals surface area contributed by atoms with Crippen molar-refractivity contribution in [2.24, 2.45) is 5.92 Å². The highest BCUT2D eigenvalue weighted by molar-refractivity contribution is 7.92. The van der Waals surface area contributed by atoms with E-state index in [2.05, 4.69) is 16.8 Å². The quantitative estimate of drug-likeness (QED) is 0.569. The summed E-state index contributed by atoms with van der Waals surface area (Å²) >= 11 is 0. The van der Waals surface area contributed by atoms with E-state index in [9.17, 15) is 17.6 Å². The number of nitrogens with zero attached hydrogens (tertiary/aromatic N) is 4. The van der Waals surface area contributed by atoms with Crippen molar-refractivity contribution in [3.05, 3.63) is 42.7 Å². The van der Waals surface area contributed by atoms with E-state index in [4.69, 9.17) is 0 Å². The van der Waals surface area contributed by atoms with Crippen molar-refractivity contribution < 1.29 is 17.6 Å². The Bertz CT molecular complexity index is 1070. The summed E-state index contributed by atoms with van der Waals surface area (Å²) in [6, 6.07) is 6.12. The number of sulfone groups is 1. The third kappa shape index (κ3) is 4.03. The first-order chi connectivity index (χ1) is 14.3. The lowest BCUT2D eigenvalue weighted by Gasteiger charge is -2.29. The molecule has 160 valence electrons. The molecule has 2 aliphatic rings. The molecule has 0 aliphatic heterocycles. The number of benzene rings is 1. The van der Waals surface area contributed by atoms with Gasteiger partial charge in [-0.25, -0.2) is 12.8 Å². The van der Waals surface area contributed by atoms with E-state index in [1.807, 2.05) is 6.92 Å². The number of hydrogen-bond acceptors (Lipinski definition) is 5. The largest absolute Gasteiger partial charge is 0.336 e. The maximum atomic E-state index is 14.3. The molecule has 1 amide bonds. The van der Waals surface area contributed by atoms with Gasteiger partial charge in [0.25, 0.3) is 5.16 Å². The highest BCUT2D eigenvalue weighted by Gasteiger charge is 2.43. The minimum absolute atomic E-state index is 0.0419. The highest BCUT2D eigenvalue weighted by atomic mass is 32.2. The SMILES string of the molecule is C=CCn1c(-c2ccccc2F)nnc1S(=O)(=O)CC(=O)N(C1CC1)[C@@H](C)C1CC1. The zero-order valence-corrected chi connectivity index (χ0v) is 17.7. The normalized spacial score (nSPS) is 17.5.